The molecule has 1 amide bonds. The molecule has 0 saturated heterocycles. The third-order valence-electron chi connectivity index (χ3n) is 5.92. The third kappa shape index (κ3) is 4.72. The van der Waals surface area contributed by atoms with Crippen molar-refractivity contribution < 1.29 is 4.79 Å². The van der Waals surface area contributed by atoms with Gasteiger partial charge >= 0.3 is 0 Å². The molecule has 0 saturated carbocycles. The Kier molecular flexibility index (Phi) is 7.24. The minimum absolute atomic E-state index is 0.0450. The lowest BCUT2D eigenvalue weighted by Gasteiger charge is -2.35. The zero-order valence-electron chi connectivity index (χ0n) is 16.2. The summed E-state index contributed by atoms with van der Waals surface area (Å²) in [7, 11) is 0. The van der Waals surface area contributed by atoms with Gasteiger partial charge in [0, 0.05) is 12.1 Å². The van der Waals surface area contributed by atoms with Crippen LogP contribution in [-0.4, -0.2) is 19.0 Å². The topological polar surface area (TPSA) is 55.1 Å². The highest BCUT2D eigenvalue weighted by atomic mass is 16.1. The van der Waals surface area contributed by atoms with E-state index in [4.69, 9.17) is 5.73 Å². The van der Waals surface area contributed by atoms with Crippen LogP contribution >= 0.6 is 0 Å². The number of hydrogen-bond acceptors (Lipinski definition) is 2. The molecular weight excluding hydrogens is 308 g/mol. The van der Waals surface area contributed by atoms with Crippen molar-refractivity contribution in [3.8, 4) is 0 Å². The summed E-state index contributed by atoms with van der Waals surface area (Å²) < 4.78 is 0. The first-order chi connectivity index (χ1) is 12.0. The number of rotatable bonds is 8. The van der Waals surface area contributed by atoms with Crippen LogP contribution < -0.4 is 11.1 Å². The molecule has 25 heavy (non-hydrogen) atoms. The van der Waals surface area contributed by atoms with Gasteiger partial charge in [-0.3, -0.25) is 4.79 Å². The second-order valence-corrected chi connectivity index (χ2v) is 7.46. The van der Waals surface area contributed by atoms with Gasteiger partial charge in [-0.2, -0.15) is 0 Å². The SMILES string of the molecule is CCC(CCN)(CCNC(=O)C1=C(C)CCCC1)c1ccccc1C. The molecule has 3 N–H and O–H groups in total. The molecular formula is C22H34N2O. The van der Waals surface area contributed by atoms with E-state index in [-0.39, 0.29) is 11.3 Å². The summed E-state index contributed by atoms with van der Waals surface area (Å²) in [4.78, 5) is 12.6. The normalized spacial score (nSPS) is 17.3. The molecule has 1 aromatic rings. The molecule has 0 bridgehead atoms. The van der Waals surface area contributed by atoms with Gasteiger partial charge in [-0.05, 0) is 81.9 Å². The summed E-state index contributed by atoms with van der Waals surface area (Å²) in [5, 5.41) is 3.18. The average Bonchev–Trinajstić information content (AvgIpc) is 2.61. The number of allylic oxidation sites excluding steroid dienone is 1. The second-order valence-electron chi connectivity index (χ2n) is 7.46. The van der Waals surface area contributed by atoms with E-state index >= 15 is 0 Å². The van der Waals surface area contributed by atoms with E-state index in [2.05, 4.69) is 50.4 Å². The summed E-state index contributed by atoms with van der Waals surface area (Å²) in [5.74, 6) is 0.139. The van der Waals surface area contributed by atoms with E-state index in [1.54, 1.807) is 0 Å². The maximum absolute atomic E-state index is 12.6. The zero-order chi connectivity index (χ0) is 18.3. The molecule has 1 atom stereocenters. The minimum atomic E-state index is 0.0450. The van der Waals surface area contributed by atoms with Crippen molar-refractivity contribution in [2.45, 2.75) is 71.1 Å². The van der Waals surface area contributed by atoms with Crippen LogP contribution in [0.1, 0.15) is 69.9 Å². The minimum Gasteiger partial charge on any atom is -0.352 e. The maximum atomic E-state index is 12.6. The fraction of sp³-hybridized carbons (Fsp3) is 0.591. The average molecular weight is 343 g/mol. The van der Waals surface area contributed by atoms with Crippen molar-refractivity contribution in [3.63, 3.8) is 0 Å². The molecule has 1 unspecified atom stereocenters. The predicted molar refractivity (Wildman–Crippen MR) is 106 cm³/mol. The van der Waals surface area contributed by atoms with Gasteiger partial charge in [0.25, 0.3) is 0 Å². The van der Waals surface area contributed by atoms with E-state index < -0.39 is 0 Å². The number of hydrogen-bond donors (Lipinski definition) is 2. The van der Waals surface area contributed by atoms with Gasteiger partial charge < -0.3 is 11.1 Å². The Morgan fingerprint density at radius 1 is 1.16 bits per heavy atom. The molecule has 3 heteroatoms. The number of aryl methyl sites for hydroxylation is 1. The Labute approximate surface area is 153 Å². The summed E-state index contributed by atoms with van der Waals surface area (Å²) >= 11 is 0. The summed E-state index contributed by atoms with van der Waals surface area (Å²) in [6, 6.07) is 8.59. The van der Waals surface area contributed by atoms with Gasteiger partial charge in [0.15, 0.2) is 0 Å². The van der Waals surface area contributed by atoms with Crippen LogP contribution in [0.5, 0.6) is 0 Å². The van der Waals surface area contributed by atoms with Gasteiger partial charge in [-0.25, -0.2) is 0 Å². The molecule has 0 aromatic heterocycles. The van der Waals surface area contributed by atoms with E-state index in [0.29, 0.717) is 13.1 Å². The van der Waals surface area contributed by atoms with Crippen LogP contribution in [0.2, 0.25) is 0 Å². The summed E-state index contributed by atoms with van der Waals surface area (Å²) in [6.45, 7) is 7.88. The largest absolute Gasteiger partial charge is 0.352 e. The van der Waals surface area contributed by atoms with Crippen molar-refractivity contribution in [3.05, 3.63) is 46.5 Å². The second kappa shape index (κ2) is 9.19. The number of carbonyl (C=O) groups is 1. The highest BCUT2D eigenvalue weighted by Crippen LogP contribution is 2.36. The molecule has 138 valence electrons. The van der Waals surface area contributed by atoms with E-state index in [1.165, 1.54) is 23.1 Å². The smallest absolute Gasteiger partial charge is 0.247 e. The number of nitrogens with two attached hydrogens (primary N) is 1. The Hall–Kier alpha value is -1.61. The van der Waals surface area contributed by atoms with Gasteiger partial charge in [0.05, 0.1) is 0 Å². The number of benzene rings is 1. The Morgan fingerprint density at radius 3 is 2.52 bits per heavy atom. The Balaban J connectivity index is 2.08. The molecule has 2 rings (SSSR count). The molecule has 0 fully saturated rings. The lowest BCUT2D eigenvalue weighted by atomic mass is 9.71. The van der Waals surface area contributed by atoms with Gasteiger partial charge in [0.2, 0.25) is 5.91 Å². The fourth-order valence-corrected chi connectivity index (χ4v) is 4.27. The fourth-order valence-electron chi connectivity index (χ4n) is 4.27. The third-order valence-corrected chi connectivity index (χ3v) is 5.92. The summed E-state index contributed by atoms with van der Waals surface area (Å²) in [5.41, 5.74) is 11.0. The summed E-state index contributed by atoms with van der Waals surface area (Å²) in [6.07, 6.45) is 7.26. The monoisotopic (exact) mass is 342 g/mol. The van der Waals surface area contributed by atoms with Crippen LogP contribution in [0.25, 0.3) is 0 Å². The van der Waals surface area contributed by atoms with E-state index in [0.717, 1.165) is 44.1 Å². The molecule has 3 nitrogen and oxygen atoms in total. The first-order valence-corrected chi connectivity index (χ1v) is 9.77. The highest BCUT2D eigenvalue weighted by molar-refractivity contribution is 5.94. The molecule has 0 heterocycles. The molecule has 0 radical (unpaired) electrons. The Morgan fingerprint density at radius 2 is 1.88 bits per heavy atom. The van der Waals surface area contributed by atoms with E-state index in [9.17, 15) is 4.79 Å². The molecule has 1 aromatic carbocycles. The first-order valence-electron chi connectivity index (χ1n) is 9.77. The molecule has 1 aliphatic carbocycles. The molecule has 0 spiro atoms. The van der Waals surface area contributed by atoms with Crippen molar-refractivity contribution in [2.75, 3.05) is 13.1 Å². The number of amides is 1. The van der Waals surface area contributed by atoms with Crippen LogP contribution in [0.15, 0.2) is 35.4 Å². The lowest BCUT2D eigenvalue weighted by Crippen LogP contribution is -2.36. The van der Waals surface area contributed by atoms with Crippen LogP contribution in [0.3, 0.4) is 0 Å². The van der Waals surface area contributed by atoms with Crippen LogP contribution in [0, 0.1) is 6.92 Å². The highest BCUT2D eigenvalue weighted by Gasteiger charge is 2.30. The van der Waals surface area contributed by atoms with Gasteiger partial charge in [0.1, 0.15) is 0 Å². The van der Waals surface area contributed by atoms with Gasteiger partial charge in [-0.1, -0.05) is 36.8 Å². The van der Waals surface area contributed by atoms with Crippen molar-refractivity contribution in [1.29, 1.82) is 0 Å². The standard InChI is InChI=1S/C22H34N2O/c1-4-22(13-15-23,20-12-8-6-10-18(20)3)14-16-24-21(25)19-11-7-5-9-17(19)2/h6,8,10,12H,4-5,7,9,11,13-16,23H2,1-3H3,(H,24,25). The van der Waals surface area contributed by atoms with Gasteiger partial charge in [-0.15, -0.1) is 0 Å². The lowest BCUT2D eigenvalue weighted by molar-refractivity contribution is -0.117. The molecule has 1 aliphatic rings. The number of carbonyl (C=O) groups excluding carboxylic acids is 1. The van der Waals surface area contributed by atoms with Crippen molar-refractivity contribution in [2.24, 2.45) is 5.73 Å². The van der Waals surface area contributed by atoms with Crippen LogP contribution in [0.4, 0.5) is 0 Å². The quantitative estimate of drug-likeness (QED) is 0.736. The Bertz CT molecular complexity index is 620. The number of nitrogens with one attached hydrogen (secondary N) is 1. The zero-order valence-corrected chi connectivity index (χ0v) is 16.2. The van der Waals surface area contributed by atoms with E-state index in [1.807, 2.05) is 0 Å². The van der Waals surface area contributed by atoms with Crippen molar-refractivity contribution >= 4 is 5.91 Å². The van der Waals surface area contributed by atoms with Crippen LogP contribution in [-0.2, 0) is 10.2 Å². The maximum Gasteiger partial charge on any atom is 0.247 e. The predicted octanol–water partition coefficient (Wildman–Crippen LogP) is 4.39. The first kappa shape index (κ1) is 19.7. The molecule has 0 aliphatic heterocycles. The van der Waals surface area contributed by atoms with Crippen molar-refractivity contribution in [1.82, 2.24) is 5.32 Å².